The minimum atomic E-state index is -4.53. The van der Waals surface area contributed by atoms with Crippen LogP contribution in [0.2, 0.25) is 0 Å². The van der Waals surface area contributed by atoms with E-state index in [2.05, 4.69) is 66.9 Å². The molecule has 0 fully saturated rings. The third kappa shape index (κ3) is 7.80. The molecule has 0 aliphatic heterocycles. The van der Waals surface area contributed by atoms with Crippen molar-refractivity contribution in [3.05, 3.63) is 77.7 Å². The highest BCUT2D eigenvalue weighted by molar-refractivity contribution is 5.93. The van der Waals surface area contributed by atoms with Gasteiger partial charge in [0.15, 0.2) is 5.82 Å². The van der Waals surface area contributed by atoms with E-state index in [-0.39, 0.29) is 17.7 Å². The molecule has 4 rings (SSSR count). The Morgan fingerprint density at radius 2 is 1.66 bits per heavy atom. The van der Waals surface area contributed by atoms with Crippen molar-refractivity contribution < 1.29 is 17.9 Å². The number of nitrogens with one attached hydrogen (secondary N) is 1. The number of pyridine rings is 1. The van der Waals surface area contributed by atoms with Gasteiger partial charge in [0.25, 0.3) is 0 Å². The molecule has 0 bridgehead atoms. The molecule has 0 radical (unpaired) electrons. The number of hydrogen-bond acceptors (Lipinski definition) is 6. The van der Waals surface area contributed by atoms with E-state index < -0.39 is 11.7 Å². The third-order valence-corrected chi connectivity index (χ3v) is 7.03. The summed E-state index contributed by atoms with van der Waals surface area (Å²) in [6.07, 6.45) is -2.29. The molecular weight excluding hydrogens is 527 g/mol. The van der Waals surface area contributed by atoms with Crippen LogP contribution in [-0.4, -0.2) is 46.1 Å². The lowest BCUT2D eigenvalue weighted by Gasteiger charge is -2.19. The monoisotopic (exact) mass is 565 g/mol. The molecule has 6 nitrogen and oxygen atoms in total. The Hall–Kier alpha value is -3.56. The highest BCUT2D eigenvalue weighted by Crippen LogP contribution is 2.37. The number of fused-ring (bicyclic) bond motifs is 1. The number of ether oxygens (including phenoxy) is 1. The van der Waals surface area contributed by atoms with Crippen LogP contribution in [-0.2, 0) is 22.9 Å². The highest BCUT2D eigenvalue weighted by atomic mass is 19.4. The predicted octanol–water partition coefficient (Wildman–Crippen LogP) is 8.00. The lowest BCUT2D eigenvalue weighted by atomic mass is 9.87. The van der Waals surface area contributed by atoms with Gasteiger partial charge < -0.3 is 15.0 Å². The van der Waals surface area contributed by atoms with Crippen LogP contribution in [0.1, 0.15) is 58.0 Å². The fourth-order valence-corrected chi connectivity index (χ4v) is 4.63. The topological polar surface area (TPSA) is 63.2 Å². The van der Waals surface area contributed by atoms with Crippen molar-refractivity contribution in [3.63, 3.8) is 0 Å². The number of halogens is 3. The number of hydrogen-bond donors (Lipinski definition) is 1. The summed E-state index contributed by atoms with van der Waals surface area (Å²) in [4.78, 5) is 15.8. The molecule has 2 heterocycles. The van der Waals surface area contributed by atoms with Gasteiger partial charge in [0, 0.05) is 36.0 Å². The average Bonchev–Trinajstić information content (AvgIpc) is 2.94. The minimum Gasteiger partial charge on any atom is -0.373 e. The first kappa shape index (κ1) is 30.4. The van der Waals surface area contributed by atoms with Gasteiger partial charge in [-0.15, -0.1) is 0 Å². The number of anilines is 2. The normalized spacial score (nSPS) is 12.3. The van der Waals surface area contributed by atoms with Gasteiger partial charge in [-0.1, -0.05) is 52.8 Å². The molecule has 0 aliphatic carbocycles. The summed E-state index contributed by atoms with van der Waals surface area (Å²) in [5, 5.41) is 4.07. The van der Waals surface area contributed by atoms with Crippen molar-refractivity contribution in [2.24, 2.45) is 0 Å². The largest absolute Gasteiger partial charge is 0.418 e. The smallest absolute Gasteiger partial charge is 0.373 e. The van der Waals surface area contributed by atoms with Crippen LogP contribution in [0, 0.1) is 0 Å². The summed E-state index contributed by atoms with van der Waals surface area (Å²) < 4.78 is 47.1. The molecule has 1 N–H and O–H groups in total. The minimum absolute atomic E-state index is 0.0209. The summed E-state index contributed by atoms with van der Waals surface area (Å²) in [6, 6.07) is 15.5. The summed E-state index contributed by atoms with van der Waals surface area (Å²) in [6.45, 7) is 14.4. The molecule has 9 heteroatoms. The van der Waals surface area contributed by atoms with Crippen LogP contribution in [0.3, 0.4) is 0 Å². The van der Waals surface area contributed by atoms with Crippen LogP contribution in [0.4, 0.5) is 24.7 Å². The maximum Gasteiger partial charge on any atom is 0.418 e. The predicted molar refractivity (Wildman–Crippen MR) is 158 cm³/mol. The van der Waals surface area contributed by atoms with E-state index in [4.69, 9.17) is 9.72 Å². The Balaban J connectivity index is 1.67. The van der Waals surface area contributed by atoms with Gasteiger partial charge in [0.1, 0.15) is 12.4 Å². The molecule has 0 unspecified atom stereocenters. The molecule has 4 aromatic rings. The Morgan fingerprint density at radius 1 is 0.927 bits per heavy atom. The van der Waals surface area contributed by atoms with Crippen LogP contribution in [0.15, 0.2) is 60.8 Å². The molecule has 0 atom stereocenters. The maximum atomic E-state index is 13.7. The average molecular weight is 566 g/mol. The standard InChI is InChI=1S/C32H38F3N5O/c1-6-40(7-2)18-9-19-41-21-28-38-27-20-22(29-26(32(33,34)35)10-8-17-36-29)11-16-25(27)30(39-28)37-24-14-12-23(13-15-24)31(3,4)5/h8,10-17,20H,6-7,9,18-19,21H2,1-5H3,(H,37,38,39). The van der Waals surface area contributed by atoms with Gasteiger partial charge in [-0.3, -0.25) is 4.98 Å². The van der Waals surface area contributed by atoms with E-state index in [1.807, 2.05) is 12.1 Å². The molecule has 0 amide bonds. The van der Waals surface area contributed by atoms with Crippen LogP contribution in [0.5, 0.6) is 0 Å². The Kier molecular flexibility index (Phi) is 9.60. The molecule has 0 saturated carbocycles. The summed E-state index contributed by atoms with van der Waals surface area (Å²) in [5.41, 5.74) is 1.98. The van der Waals surface area contributed by atoms with Crippen molar-refractivity contribution in [1.29, 1.82) is 0 Å². The molecule has 218 valence electrons. The second-order valence-corrected chi connectivity index (χ2v) is 11.0. The number of alkyl halides is 3. The van der Waals surface area contributed by atoms with E-state index in [1.54, 1.807) is 18.2 Å². The van der Waals surface area contributed by atoms with Gasteiger partial charge in [-0.25, -0.2) is 9.97 Å². The zero-order valence-corrected chi connectivity index (χ0v) is 24.3. The number of aromatic nitrogens is 3. The molecule has 0 aliphatic rings. The molecule has 0 saturated heterocycles. The lowest BCUT2D eigenvalue weighted by molar-refractivity contribution is -0.137. The molecule has 0 spiro atoms. The van der Waals surface area contributed by atoms with E-state index in [1.165, 1.54) is 17.8 Å². The molecule has 2 aromatic carbocycles. The van der Waals surface area contributed by atoms with Crippen molar-refractivity contribution in [2.45, 2.75) is 59.2 Å². The second kappa shape index (κ2) is 13.0. The quantitative estimate of drug-likeness (QED) is 0.186. The Bertz CT molecular complexity index is 1440. The van der Waals surface area contributed by atoms with E-state index in [0.717, 1.165) is 37.8 Å². The lowest BCUT2D eigenvalue weighted by Crippen LogP contribution is -2.24. The van der Waals surface area contributed by atoms with Crippen LogP contribution in [0.25, 0.3) is 22.2 Å². The first-order valence-electron chi connectivity index (χ1n) is 14.0. The fraction of sp³-hybridized carbons (Fsp3) is 0.406. The van der Waals surface area contributed by atoms with Gasteiger partial charge in [-0.05, 0) is 66.9 Å². The summed E-state index contributed by atoms with van der Waals surface area (Å²) >= 11 is 0. The zero-order chi connectivity index (χ0) is 29.6. The molecule has 41 heavy (non-hydrogen) atoms. The first-order valence-corrected chi connectivity index (χ1v) is 14.0. The molecular formula is C32H38F3N5O. The van der Waals surface area contributed by atoms with Crippen LogP contribution >= 0.6 is 0 Å². The van der Waals surface area contributed by atoms with Crippen molar-refractivity contribution >= 4 is 22.4 Å². The SMILES string of the molecule is CCN(CC)CCCOCc1nc(Nc2ccc(C(C)(C)C)cc2)c2ccc(-c3ncccc3C(F)(F)F)cc2n1. The third-order valence-electron chi connectivity index (χ3n) is 7.03. The first-order chi connectivity index (χ1) is 19.5. The maximum absolute atomic E-state index is 13.7. The number of rotatable bonds is 11. The van der Waals surface area contributed by atoms with Gasteiger partial charge in [0.05, 0.1) is 16.8 Å². The van der Waals surface area contributed by atoms with E-state index in [0.29, 0.717) is 34.7 Å². The van der Waals surface area contributed by atoms with Crippen molar-refractivity contribution in [2.75, 3.05) is 31.6 Å². The Labute approximate surface area is 240 Å². The summed E-state index contributed by atoms with van der Waals surface area (Å²) in [7, 11) is 0. The number of benzene rings is 2. The van der Waals surface area contributed by atoms with Gasteiger partial charge in [0.2, 0.25) is 0 Å². The second-order valence-electron chi connectivity index (χ2n) is 11.0. The molecule has 2 aromatic heterocycles. The van der Waals surface area contributed by atoms with Crippen molar-refractivity contribution in [1.82, 2.24) is 19.9 Å². The van der Waals surface area contributed by atoms with Gasteiger partial charge in [-0.2, -0.15) is 13.2 Å². The van der Waals surface area contributed by atoms with E-state index in [9.17, 15) is 13.2 Å². The summed E-state index contributed by atoms with van der Waals surface area (Å²) in [5.74, 6) is 1.01. The highest BCUT2D eigenvalue weighted by Gasteiger charge is 2.34. The fourth-order valence-electron chi connectivity index (χ4n) is 4.63. The number of nitrogens with zero attached hydrogens (tertiary/aromatic N) is 4. The Morgan fingerprint density at radius 3 is 2.32 bits per heavy atom. The van der Waals surface area contributed by atoms with Gasteiger partial charge >= 0.3 is 6.18 Å². The van der Waals surface area contributed by atoms with Crippen LogP contribution < -0.4 is 5.32 Å². The van der Waals surface area contributed by atoms with Crippen molar-refractivity contribution in [3.8, 4) is 11.3 Å². The zero-order valence-electron chi connectivity index (χ0n) is 24.3. The van der Waals surface area contributed by atoms with E-state index >= 15 is 0 Å².